The zero-order valence-electron chi connectivity index (χ0n) is 11.7. The Balaban J connectivity index is 2.12. The van der Waals surface area contributed by atoms with E-state index in [1.165, 1.54) is 10.6 Å². The maximum Gasteiger partial charge on any atom is 0.274 e. The van der Waals surface area contributed by atoms with Crippen molar-refractivity contribution in [2.75, 3.05) is 0 Å². The summed E-state index contributed by atoms with van der Waals surface area (Å²) in [6, 6.07) is 21.4. The average Bonchev–Trinajstić information content (AvgIpc) is 2.97. The van der Waals surface area contributed by atoms with Crippen molar-refractivity contribution in [2.45, 2.75) is 0 Å². The fourth-order valence-corrected chi connectivity index (χ4v) is 2.65. The Hall–Kier alpha value is -3.14. The van der Waals surface area contributed by atoms with Crippen LogP contribution >= 0.6 is 0 Å². The number of hydrogen-bond acceptors (Lipinski definition) is 2. The van der Waals surface area contributed by atoms with Crippen LogP contribution in [0.3, 0.4) is 0 Å². The van der Waals surface area contributed by atoms with Crippen LogP contribution in [0.4, 0.5) is 0 Å². The first-order chi connectivity index (χ1) is 10.8. The van der Waals surface area contributed by atoms with Crippen LogP contribution in [-0.2, 0) is 0 Å². The molecule has 2 heterocycles. The highest BCUT2D eigenvalue weighted by Gasteiger charge is 2.17. The normalized spacial score (nSPS) is 10.9. The molecular formula is C18H13N3O. The van der Waals surface area contributed by atoms with Gasteiger partial charge in [-0.3, -0.25) is 4.79 Å². The molecule has 0 aliphatic heterocycles. The predicted octanol–water partition coefficient (Wildman–Crippen LogP) is 3.36. The molecule has 2 aromatic carbocycles. The van der Waals surface area contributed by atoms with Crippen LogP contribution in [-0.4, -0.2) is 14.6 Å². The van der Waals surface area contributed by atoms with Crippen LogP contribution < -0.4 is 5.56 Å². The van der Waals surface area contributed by atoms with Gasteiger partial charge in [-0.05, 0) is 5.56 Å². The summed E-state index contributed by atoms with van der Waals surface area (Å²) in [6.07, 6.45) is 1.65. The van der Waals surface area contributed by atoms with Crippen molar-refractivity contribution in [3.05, 3.63) is 83.3 Å². The third kappa shape index (κ3) is 1.93. The highest BCUT2D eigenvalue weighted by Crippen LogP contribution is 2.33. The number of aromatic amines is 1. The maximum absolute atomic E-state index is 12.1. The van der Waals surface area contributed by atoms with E-state index >= 15 is 0 Å². The van der Waals surface area contributed by atoms with Crippen LogP contribution in [0.25, 0.3) is 28.0 Å². The second-order valence-electron chi connectivity index (χ2n) is 5.03. The molecular weight excluding hydrogens is 274 g/mol. The number of benzene rings is 2. The van der Waals surface area contributed by atoms with Gasteiger partial charge in [0.15, 0.2) is 0 Å². The van der Waals surface area contributed by atoms with E-state index in [2.05, 4.69) is 10.1 Å². The molecule has 2 aromatic heterocycles. The van der Waals surface area contributed by atoms with Gasteiger partial charge in [-0.15, -0.1) is 0 Å². The molecule has 0 amide bonds. The van der Waals surface area contributed by atoms with Crippen LogP contribution in [0.5, 0.6) is 0 Å². The zero-order chi connectivity index (χ0) is 14.9. The van der Waals surface area contributed by atoms with Crippen molar-refractivity contribution in [3.8, 4) is 22.4 Å². The van der Waals surface area contributed by atoms with Gasteiger partial charge in [0.25, 0.3) is 5.56 Å². The van der Waals surface area contributed by atoms with E-state index in [0.29, 0.717) is 5.65 Å². The maximum atomic E-state index is 12.1. The first-order valence-corrected chi connectivity index (χ1v) is 7.06. The highest BCUT2D eigenvalue weighted by molar-refractivity contribution is 5.90. The van der Waals surface area contributed by atoms with Gasteiger partial charge in [-0.1, -0.05) is 60.7 Å². The molecule has 1 N–H and O–H groups in total. The summed E-state index contributed by atoms with van der Waals surface area (Å²) in [6.45, 7) is 0. The van der Waals surface area contributed by atoms with Crippen molar-refractivity contribution in [2.24, 2.45) is 0 Å². The lowest BCUT2D eigenvalue weighted by Crippen LogP contribution is -2.12. The van der Waals surface area contributed by atoms with E-state index in [-0.39, 0.29) is 5.56 Å². The quantitative estimate of drug-likeness (QED) is 0.614. The Morgan fingerprint density at radius 3 is 2.14 bits per heavy atom. The molecule has 106 valence electrons. The minimum Gasteiger partial charge on any atom is -0.346 e. The van der Waals surface area contributed by atoms with Crippen molar-refractivity contribution in [1.29, 1.82) is 0 Å². The Labute approximate surface area is 126 Å². The Kier molecular flexibility index (Phi) is 2.86. The van der Waals surface area contributed by atoms with Gasteiger partial charge < -0.3 is 4.98 Å². The topological polar surface area (TPSA) is 50.2 Å². The fourth-order valence-electron chi connectivity index (χ4n) is 2.65. The molecule has 0 spiro atoms. The standard InChI is InChI=1S/C18H13N3O/c22-15-11-12-19-18-16(13-7-3-1-4-8-13)17(20-21(15)18)14-9-5-2-6-10-14/h1-12,19H. The molecule has 0 atom stereocenters. The molecule has 0 saturated carbocycles. The minimum absolute atomic E-state index is 0.145. The van der Waals surface area contributed by atoms with Crippen molar-refractivity contribution in [1.82, 2.24) is 14.6 Å². The first kappa shape index (κ1) is 12.6. The van der Waals surface area contributed by atoms with Crippen molar-refractivity contribution in [3.63, 3.8) is 0 Å². The molecule has 4 rings (SSSR count). The minimum atomic E-state index is -0.145. The third-order valence-corrected chi connectivity index (χ3v) is 3.65. The van der Waals surface area contributed by atoms with Gasteiger partial charge in [0.1, 0.15) is 11.3 Å². The van der Waals surface area contributed by atoms with Gasteiger partial charge in [-0.25, -0.2) is 0 Å². The lowest BCUT2D eigenvalue weighted by molar-refractivity contribution is 0.903. The van der Waals surface area contributed by atoms with Crippen LogP contribution in [0.2, 0.25) is 0 Å². The summed E-state index contributed by atoms with van der Waals surface area (Å²) in [5.74, 6) is 0. The molecule has 0 fully saturated rings. The third-order valence-electron chi connectivity index (χ3n) is 3.65. The molecule has 4 heteroatoms. The van der Waals surface area contributed by atoms with Gasteiger partial charge in [0.2, 0.25) is 0 Å². The highest BCUT2D eigenvalue weighted by atomic mass is 16.1. The summed E-state index contributed by atoms with van der Waals surface area (Å²) in [5.41, 5.74) is 4.30. The molecule has 0 unspecified atom stereocenters. The van der Waals surface area contributed by atoms with Gasteiger partial charge in [0.05, 0.1) is 5.56 Å². The Morgan fingerprint density at radius 2 is 1.45 bits per heavy atom. The molecule has 0 radical (unpaired) electrons. The number of rotatable bonds is 2. The number of aromatic nitrogens is 3. The van der Waals surface area contributed by atoms with Crippen molar-refractivity contribution >= 4 is 5.65 Å². The van der Waals surface area contributed by atoms with E-state index in [4.69, 9.17) is 0 Å². The van der Waals surface area contributed by atoms with Gasteiger partial charge in [0, 0.05) is 17.8 Å². The van der Waals surface area contributed by atoms with Gasteiger partial charge in [-0.2, -0.15) is 9.61 Å². The largest absolute Gasteiger partial charge is 0.346 e. The van der Waals surface area contributed by atoms with Crippen LogP contribution in [0, 0.1) is 0 Å². The second-order valence-corrected chi connectivity index (χ2v) is 5.03. The average molecular weight is 287 g/mol. The van der Waals surface area contributed by atoms with Crippen LogP contribution in [0.1, 0.15) is 0 Å². The summed E-state index contributed by atoms with van der Waals surface area (Å²) in [4.78, 5) is 15.2. The molecule has 22 heavy (non-hydrogen) atoms. The number of H-pyrrole nitrogens is 1. The SMILES string of the molecule is O=c1cc[nH]c2c(-c3ccccc3)c(-c3ccccc3)nn12. The fraction of sp³-hybridized carbons (Fsp3) is 0. The molecule has 4 aromatic rings. The van der Waals surface area contributed by atoms with E-state index < -0.39 is 0 Å². The van der Waals surface area contributed by atoms with Crippen LogP contribution in [0.15, 0.2) is 77.7 Å². The second kappa shape index (κ2) is 5.00. The van der Waals surface area contributed by atoms with Crippen molar-refractivity contribution < 1.29 is 0 Å². The zero-order valence-corrected chi connectivity index (χ0v) is 11.7. The number of hydrogen-bond donors (Lipinski definition) is 1. The van der Waals surface area contributed by atoms with Gasteiger partial charge >= 0.3 is 0 Å². The molecule has 0 aliphatic carbocycles. The molecule has 0 saturated heterocycles. The summed E-state index contributed by atoms with van der Waals surface area (Å²) >= 11 is 0. The lowest BCUT2D eigenvalue weighted by Gasteiger charge is -2.03. The summed E-state index contributed by atoms with van der Waals surface area (Å²) < 4.78 is 1.42. The molecule has 0 bridgehead atoms. The van der Waals surface area contributed by atoms with E-state index in [0.717, 1.165) is 22.4 Å². The first-order valence-electron chi connectivity index (χ1n) is 7.06. The summed E-state index contributed by atoms with van der Waals surface area (Å²) in [7, 11) is 0. The molecule has 4 nitrogen and oxygen atoms in total. The lowest BCUT2D eigenvalue weighted by atomic mass is 10.0. The smallest absolute Gasteiger partial charge is 0.274 e. The summed E-state index contributed by atoms with van der Waals surface area (Å²) in [5, 5.41) is 4.53. The Morgan fingerprint density at radius 1 is 0.818 bits per heavy atom. The number of nitrogens with one attached hydrogen (secondary N) is 1. The Bertz CT molecular complexity index is 985. The monoisotopic (exact) mass is 287 g/mol. The number of fused-ring (bicyclic) bond motifs is 1. The number of nitrogens with zero attached hydrogens (tertiary/aromatic N) is 2. The predicted molar refractivity (Wildman–Crippen MR) is 86.7 cm³/mol. The van der Waals surface area contributed by atoms with E-state index in [1.54, 1.807) is 6.20 Å². The van der Waals surface area contributed by atoms with E-state index in [9.17, 15) is 4.79 Å². The van der Waals surface area contributed by atoms with E-state index in [1.807, 2.05) is 60.7 Å². The molecule has 0 aliphatic rings.